The molecule has 5 aromatic rings. The molecule has 1 atom stereocenters. The molecular weight excluding hydrogens is 877 g/mol. The number of halogens is 2. The van der Waals surface area contributed by atoms with E-state index in [1.165, 1.54) is 18.2 Å². The Bertz CT molecular complexity index is 2780. The van der Waals surface area contributed by atoms with Crippen LogP contribution in [0.5, 0.6) is 11.5 Å². The van der Waals surface area contributed by atoms with Crippen LogP contribution in [-0.4, -0.2) is 122 Å². The number of nitrogens with zero attached hydrogens (tertiary/aromatic N) is 6. The Kier molecular flexibility index (Phi) is 12.8. The van der Waals surface area contributed by atoms with Gasteiger partial charge in [0.2, 0.25) is 11.8 Å². The second kappa shape index (κ2) is 18.3. The Balaban J connectivity index is 0.969. The molecule has 8 rings (SSSR count). The number of rotatable bonds is 14. The number of benzene rings is 3. The highest BCUT2D eigenvalue weighted by molar-refractivity contribution is 6.35. The third kappa shape index (κ3) is 8.57. The number of aromatic nitrogens is 3. The maximum atomic E-state index is 13.5. The van der Waals surface area contributed by atoms with Crippen LogP contribution in [0.15, 0.2) is 42.5 Å². The Morgan fingerprint density at radius 2 is 1.62 bits per heavy atom. The van der Waals surface area contributed by atoms with E-state index in [9.17, 15) is 33.9 Å². The maximum absolute atomic E-state index is 13.5. The number of imide groups is 2. The number of carboxylic acids is 1. The minimum Gasteiger partial charge on any atom is -0.494 e. The van der Waals surface area contributed by atoms with Gasteiger partial charge in [-0.2, -0.15) is 5.10 Å². The van der Waals surface area contributed by atoms with E-state index in [-0.39, 0.29) is 41.3 Å². The first-order valence-corrected chi connectivity index (χ1v) is 22.3. The molecule has 18 heteroatoms. The maximum Gasteiger partial charge on any atom is 0.352 e. The highest BCUT2D eigenvalue weighted by Gasteiger charge is 2.46. The van der Waals surface area contributed by atoms with Crippen molar-refractivity contribution >= 4 is 69.6 Å². The van der Waals surface area contributed by atoms with E-state index in [4.69, 9.17) is 32.7 Å². The van der Waals surface area contributed by atoms with E-state index in [0.717, 1.165) is 43.9 Å². The van der Waals surface area contributed by atoms with Crippen LogP contribution in [0, 0.1) is 27.7 Å². The van der Waals surface area contributed by atoms with Gasteiger partial charge in [0.05, 0.1) is 34.0 Å². The molecule has 3 aliphatic heterocycles. The Morgan fingerprint density at radius 1 is 0.892 bits per heavy atom. The van der Waals surface area contributed by atoms with Crippen molar-refractivity contribution in [2.45, 2.75) is 66.0 Å². The fourth-order valence-corrected chi connectivity index (χ4v) is 9.67. The second-order valence-corrected chi connectivity index (χ2v) is 17.5. The molecule has 3 aromatic carbocycles. The molecule has 2 fully saturated rings. The van der Waals surface area contributed by atoms with Gasteiger partial charge in [-0.05, 0) is 94.0 Å². The van der Waals surface area contributed by atoms with Crippen LogP contribution in [0.2, 0.25) is 10.0 Å². The largest absolute Gasteiger partial charge is 0.494 e. The summed E-state index contributed by atoms with van der Waals surface area (Å²) in [7, 11) is 1.86. The number of aryl methyl sites for hydroxylation is 5. The zero-order valence-electron chi connectivity index (χ0n) is 36.8. The van der Waals surface area contributed by atoms with Gasteiger partial charge in [-0.1, -0.05) is 35.3 Å². The zero-order valence-corrected chi connectivity index (χ0v) is 38.3. The highest BCUT2D eigenvalue weighted by atomic mass is 35.5. The molecule has 0 radical (unpaired) electrons. The summed E-state index contributed by atoms with van der Waals surface area (Å²) >= 11 is 13.4. The lowest BCUT2D eigenvalue weighted by molar-refractivity contribution is -0.136. The Morgan fingerprint density at radius 3 is 2.28 bits per heavy atom. The van der Waals surface area contributed by atoms with Crippen molar-refractivity contribution in [1.82, 2.24) is 34.4 Å². The lowest BCUT2D eigenvalue weighted by Gasteiger charge is -2.35. The second-order valence-electron chi connectivity index (χ2n) is 16.7. The van der Waals surface area contributed by atoms with Gasteiger partial charge in [-0.15, -0.1) is 0 Å². The van der Waals surface area contributed by atoms with E-state index in [2.05, 4.69) is 15.3 Å². The van der Waals surface area contributed by atoms with E-state index < -0.39 is 42.2 Å². The minimum absolute atomic E-state index is 0.00721. The molecule has 5 amide bonds. The quantitative estimate of drug-likeness (QED) is 0.0996. The molecule has 2 N–H and O–H groups in total. The average molecular weight is 927 g/mol. The molecule has 0 spiro atoms. The van der Waals surface area contributed by atoms with Gasteiger partial charge < -0.3 is 24.0 Å². The average Bonchev–Trinajstić information content (AvgIpc) is 3.83. The SMILES string of the molecule is Cc1cc(OCCCc2c(C(=O)O)n(CCN3CCN(C(=O)COc4cccc5c4C(=O)N(C4CCC(=O)NC4=O)C5=O)CC3)c3c(-c4c(C)nn(C)c4C)c(Cl)ccc23)cc(C)c1Cl. The van der Waals surface area contributed by atoms with E-state index in [1.54, 1.807) is 9.58 Å². The van der Waals surface area contributed by atoms with Crippen molar-refractivity contribution in [1.29, 1.82) is 0 Å². The molecular formula is C47H49Cl2N7O9. The predicted octanol–water partition coefficient (Wildman–Crippen LogP) is 5.92. The van der Waals surface area contributed by atoms with Gasteiger partial charge in [0, 0.05) is 80.0 Å². The van der Waals surface area contributed by atoms with Crippen LogP contribution in [0.4, 0.5) is 0 Å². The van der Waals surface area contributed by atoms with Crippen molar-refractivity contribution in [2.24, 2.45) is 7.05 Å². The van der Waals surface area contributed by atoms with Gasteiger partial charge >= 0.3 is 5.97 Å². The number of nitrogens with one attached hydrogen (secondary N) is 1. The summed E-state index contributed by atoms with van der Waals surface area (Å²) in [5, 5.41) is 19.7. The van der Waals surface area contributed by atoms with E-state index in [1.807, 2.05) is 63.6 Å². The number of fused-ring (bicyclic) bond motifs is 2. The smallest absolute Gasteiger partial charge is 0.352 e. The number of hydrogen-bond donors (Lipinski definition) is 2. The molecule has 0 bridgehead atoms. The Labute approximate surface area is 384 Å². The van der Waals surface area contributed by atoms with Crippen LogP contribution >= 0.6 is 23.2 Å². The van der Waals surface area contributed by atoms with Gasteiger partial charge in [0.15, 0.2) is 6.61 Å². The van der Waals surface area contributed by atoms with E-state index >= 15 is 0 Å². The zero-order chi connectivity index (χ0) is 46.4. The summed E-state index contributed by atoms with van der Waals surface area (Å²) in [6, 6.07) is 10.9. The molecule has 65 heavy (non-hydrogen) atoms. The third-order valence-corrected chi connectivity index (χ3v) is 13.5. The molecule has 0 saturated carbocycles. The fourth-order valence-electron chi connectivity index (χ4n) is 9.31. The number of carbonyl (C=O) groups is 6. The third-order valence-electron chi connectivity index (χ3n) is 12.6. The minimum atomic E-state index is -1.13. The first kappa shape index (κ1) is 45.3. The van der Waals surface area contributed by atoms with E-state index in [0.29, 0.717) is 85.6 Å². The number of ether oxygens (including phenoxy) is 2. The van der Waals surface area contributed by atoms with Crippen LogP contribution in [-0.2, 0) is 34.4 Å². The summed E-state index contributed by atoms with van der Waals surface area (Å²) < 4.78 is 15.6. The van der Waals surface area contributed by atoms with Crippen molar-refractivity contribution in [3.8, 4) is 22.6 Å². The van der Waals surface area contributed by atoms with Gasteiger partial charge in [0.1, 0.15) is 23.2 Å². The van der Waals surface area contributed by atoms with Crippen LogP contribution in [0.1, 0.15) is 78.5 Å². The number of piperazine rings is 1. The molecule has 3 aliphatic rings. The highest BCUT2D eigenvalue weighted by Crippen LogP contribution is 2.42. The normalized spacial score (nSPS) is 16.7. The molecule has 1 unspecified atom stereocenters. The summed E-state index contributed by atoms with van der Waals surface area (Å²) in [5.41, 5.74) is 6.66. The first-order chi connectivity index (χ1) is 31.0. The molecule has 0 aliphatic carbocycles. The summed E-state index contributed by atoms with van der Waals surface area (Å²) in [5.74, 6) is -3.21. The molecule has 2 aromatic heterocycles. The lowest BCUT2D eigenvalue weighted by Crippen LogP contribution is -2.54. The molecule has 16 nitrogen and oxygen atoms in total. The number of aromatic carboxylic acids is 1. The molecule has 5 heterocycles. The van der Waals surface area contributed by atoms with Crippen molar-refractivity contribution in [3.05, 3.63) is 97.4 Å². The summed E-state index contributed by atoms with van der Waals surface area (Å²) in [6.07, 6.45) is 0.986. The monoisotopic (exact) mass is 925 g/mol. The Hall–Kier alpha value is -6.23. The van der Waals surface area contributed by atoms with Gasteiger partial charge in [0.25, 0.3) is 17.7 Å². The summed E-state index contributed by atoms with van der Waals surface area (Å²) in [4.78, 5) is 82.5. The number of hydrogen-bond acceptors (Lipinski definition) is 10. The van der Waals surface area contributed by atoms with Gasteiger partial charge in [-0.25, -0.2) is 4.79 Å². The number of carbonyl (C=O) groups excluding carboxylic acids is 5. The van der Waals surface area contributed by atoms with Crippen molar-refractivity contribution in [3.63, 3.8) is 0 Å². The number of amides is 5. The number of carboxylic acid groups (broad SMARTS) is 1. The standard InChI is InChI=1S/C47H49Cl2N7O9/c1-25-22-29(23-26(2)41(25)49)64-21-7-9-30-31-11-12-33(48)40(38-27(3)51-52(5)28(38)4)42(31)55(43(30)47(62)63)20-17-53-15-18-54(19-16-53)37(58)24-65-35-10-6-8-32-39(35)46(61)56(45(32)60)34-13-14-36(57)50-44(34)59/h6,8,10-12,22-23,34H,7,9,13-21,24H2,1-5H3,(H,62,63)(H,50,57,59). The molecule has 340 valence electrons. The number of piperidine rings is 1. The molecule has 2 saturated heterocycles. The van der Waals surface area contributed by atoms with Crippen LogP contribution in [0.25, 0.3) is 22.0 Å². The topological polar surface area (TPSA) is 186 Å². The van der Waals surface area contributed by atoms with Crippen LogP contribution < -0.4 is 14.8 Å². The van der Waals surface area contributed by atoms with Crippen LogP contribution in [0.3, 0.4) is 0 Å². The van der Waals surface area contributed by atoms with Gasteiger partial charge in [-0.3, -0.25) is 43.8 Å². The lowest BCUT2D eigenvalue weighted by atomic mass is 9.98. The van der Waals surface area contributed by atoms with Crippen molar-refractivity contribution in [2.75, 3.05) is 45.9 Å². The predicted molar refractivity (Wildman–Crippen MR) is 242 cm³/mol. The summed E-state index contributed by atoms with van der Waals surface area (Å²) in [6.45, 7) is 10.2. The van der Waals surface area contributed by atoms with Crippen molar-refractivity contribution < 1.29 is 43.3 Å². The first-order valence-electron chi connectivity index (χ1n) is 21.5. The fraction of sp³-hybridized carbons (Fsp3) is 0.383.